The molecular formula is C15H24N2O2. The van der Waals surface area contributed by atoms with Crippen LogP contribution in [-0.4, -0.2) is 19.1 Å². The van der Waals surface area contributed by atoms with Crippen LogP contribution in [0.15, 0.2) is 24.3 Å². The van der Waals surface area contributed by atoms with E-state index >= 15 is 0 Å². The standard InChI is InChI=1S/C15H24N2O2/c1-3-7-12(10-16)15(18)17-14-9-6-5-8-13(14)11-19-4-2/h5-6,8-9,12H,3-4,7,10-11,16H2,1-2H3,(H,17,18). The van der Waals surface area contributed by atoms with E-state index in [1.165, 1.54) is 0 Å². The highest BCUT2D eigenvalue weighted by atomic mass is 16.5. The van der Waals surface area contributed by atoms with E-state index in [0.29, 0.717) is 19.8 Å². The van der Waals surface area contributed by atoms with Gasteiger partial charge < -0.3 is 15.8 Å². The number of hydrogen-bond donors (Lipinski definition) is 2. The number of anilines is 1. The summed E-state index contributed by atoms with van der Waals surface area (Å²) >= 11 is 0. The molecule has 1 unspecified atom stereocenters. The van der Waals surface area contributed by atoms with Crippen molar-refractivity contribution in [2.75, 3.05) is 18.5 Å². The van der Waals surface area contributed by atoms with Crippen molar-refractivity contribution in [1.82, 2.24) is 0 Å². The lowest BCUT2D eigenvalue weighted by Crippen LogP contribution is -2.29. The fourth-order valence-corrected chi connectivity index (χ4v) is 1.92. The molecule has 3 N–H and O–H groups in total. The van der Waals surface area contributed by atoms with Crippen molar-refractivity contribution >= 4 is 11.6 Å². The highest BCUT2D eigenvalue weighted by Gasteiger charge is 2.16. The normalized spacial score (nSPS) is 12.2. The summed E-state index contributed by atoms with van der Waals surface area (Å²) in [6.45, 7) is 5.55. The predicted molar refractivity (Wildman–Crippen MR) is 77.9 cm³/mol. The number of nitrogens with one attached hydrogen (secondary N) is 1. The second-order valence-corrected chi connectivity index (χ2v) is 4.50. The van der Waals surface area contributed by atoms with Crippen LogP contribution in [0.4, 0.5) is 5.69 Å². The first kappa shape index (κ1) is 15.7. The van der Waals surface area contributed by atoms with Gasteiger partial charge in [0.1, 0.15) is 0 Å². The van der Waals surface area contributed by atoms with Crippen LogP contribution in [0.1, 0.15) is 32.3 Å². The van der Waals surface area contributed by atoms with Crippen molar-refractivity contribution in [2.24, 2.45) is 11.7 Å². The minimum absolute atomic E-state index is 0.00621. The van der Waals surface area contributed by atoms with E-state index in [-0.39, 0.29) is 11.8 Å². The molecule has 0 heterocycles. The Bertz CT molecular complexity index is 393. The van der Waals surface area contributed by atoms with E-state index in [2.05, 4.69) is 12.2 Å². The molecule has 0 saturated heterocycles. The minimum atomic E-state index is -0.120. The zero-order chi connectivity index (χ0) is 14.1. The molecule has 4 heteroatoms. The molecule has 0 aliphatic rings. The Kier molecular flexibility index (Phi) is 7.15. The van der Waals surface area contributed by atoms with E-state index in [1.807, 2.05) is 31.2 Å². The molecular weight excluding hydrogens is 240 g/mol. The molecule has 0 saturated carbocycles. The number of benzene rings is 1. The van der Waals surface area contributed by atoms with Crippen LogP contribution in [0, 0.1) is 5.92 Å². The van der Waals surface area contributed by atoms with Gasteiger partial charge in [-0.1, -0.05) is 31.5 Å². The van der Waals surface area contributed by atoms with Crippen molar-refractivity contribution in [3.63, 3.8) is 0 Å². The van der Waals surface area contributed by atoms with Crippen LogP contribution >= 0.6 is 0 Å². The van der Waals surface area contributed by atoms with E-state index in [4.69, 9.17) is 10.5 Å². The van der Waals surface area contributed by atoms with Gasteiger partial charge in [0.15, 0.2) is 0 Å². The predicted octanol–water partition coefficient (Wildman–Crippen LogP) is 2.54. The van der Waals surface area contributed by atoms with Crippen molar-refractivity contribution in [2.45, 2.75) is 33.3 Å². The van der Waals surface area contributed by atoms with Crippen LogP contribution in [0.2, 0.25) is 0 Å². The molecule has 4 nitrogen and oxygen atoms in total. The molecule has 1 aromatic carbocycles. The molecule has 0 aliphatic carbocycles. The van der Waals surface area contributed by atoms with Gasteiger partial charge in [-0.15, -0.1) is 0 Å². The van der Waals surface area contributed by atoms with E-state index in [1.54, 1.807) is 0 Å². The Balaban J connectivity index is 2.72. The maximum absolute atomic E-state index is 12.1. The summed E-state index contributed by atoms with van der Waals surface area (Å²) in [5, 5.41) is 2.96. The average Bonchev–Trinajstić information content (AvgIpc) is 2.43. The van der Waals surface area contributed by atoms with Gasteiger partial charge in [0.2, 0.25) is 5.91 Å². The van der Waals surface area contributed by atoms with Crippen molar-refractivity contribution in [3.8, 4) is 0 Å². The Morgan fingerprint density at radius 2 is 2.11 bits per heavy atom. The molecule has 0 aliphatic heterocycles. The Morgan fingerprint density at radius 3 is 2.74 bits per heavy atom. The van der Waals surface area contributed by atoms with Crippen LogP contribution in [0.5, 0.6) is 0 Å². The fourth-order valence-electron chi connectivity index (χ4n) is 1.92. The van der Waals surface area contributed by atoms with Crippen LogP contribution in [0.25, 0.3) is 0 Å². The molecule has 0 spiro atoms. The summed E-state index contributed by atoms with van der Waals surface area (Å²) in [7, 11) is 0. The molecule has 0 bridgehead atoms. The van der Waals surface area contributed by atoms with Gasteiger partial charge in [0.25, 0.3) is 0 Å². The molecule has 19 heavy (non-hydrogen) atoms. The van der Waals surface area contributed by atoms with Gasteiger partial charge in [-0.2, -0.15) is 0 Å². The first-order chi connectivity index (χ1) is 9.22. The van der Waals surface area contributed by atoms with Gasteiger partial charge >= 0.3 is 0 Å². The summed E-state index contributed by atoms with van der Waals surface area (Å²) in [5.41, 5.74) is 7.45. The molecule has 0 fully saturated rings. The SMILES string of the molecule is CCCC(CN)C(=O)Nc1ccccc1COCC. The maximum Gasteiger partial charge on any atom is 0.228 e. The molecule has 1 aromatic rings. The van der Waals surface area contributed by atoms with Gasteiger partial charge in [-0.3, -0.25) is 4.79 Å². The minimum Gasteiger partial charge on any atom is -0.377 e. The molecule has 1 amide bonds. The number of amides is 1. The average molecular weight is 264 g/mol. The second-order valence-electron chi connectivity index (χ2n) is 4.50. The number of carbonyl (C=O) groups is 1. The summed E-state index contributed by atoms with van der Waals surface area (Å²) in [5.74, 6) is -0.126. The van der Waals surface area contributed by atoms with Gasteiger partial charge in [0.05, 0.1) is 12.5 Å². The number of hydrogen-bond acceptors (Lipinski definition) is 3. The fraction of sp³-hybridized carbons (Fsp3) is 0.533. The van der Waals surface area contributed by atoms with Crippen molar-refractivity contribution in [3.05, 3.63) is 29.8 Å². The van der Waals surface area contributed by atoms with Gasteiger partial charge in [0, 0.05) is 24.4 Å². The lowest BCUT2D eigenvalue weighted by molar-refractivity contribution is -0.119. The topological polar surface area (TPSA) is 64.4 Å². The summed E-state index contributed by atoms with van der Waals surface area (Å²) in [6.07, 6.45) is 1.77. The molecule has 0 aromatic heterocycles. The van der Waals surface area contributed by atoms with Crippen molar-refractivity contribution in [1.29, 1.82) is 0 Å². The monoisotopic (exact) mass is 264 g/mol. The number of nitrogens with two attached hydrogens (primary N) is 1. The summed E-state index contributed by atoms with van der Waals surface area (Å²) in [6, 6.07) is 7.70. The van der Waals surface area contributed by atoms with Crippen molar-refractivity contribution < 1.29 is 9.53 Å². The number of carbonyl (C=O) groups excluding carboxylic acids is 1. The van der Waals surface area contributed by atoms with Gasteiger partial charge in [-0.05, 0) is 19.4 Å². The number of rotatable bonds is 8. The number of ether oxygens (including phenoxy) is 1. The highest BCUT2D eigenvalue weighted by Crippen LogP contribution is 2.18. The first-order valence-corrected chi connectivity index (χ1v) is 6.89. The summed E-state index contributed by atoms with van der Waals surface area (Å²) < 4.78 is 5.40. The zero-order valence-corrected chi connectivity index (χ0v) is 11.8. The van der Waals surface area contributed by atoms with Crippen LogP contribution in [-0.2, 0) is 16.1 Å². The number of para-hydroxylation sites is 1. The molecule has 1 rings (SSSR count). The maximum atomic E-state index is 12.1. The third-order valence-electron chi connectivity index (χ3n) is 3.03. The van der Waals surface area contributed by atoms with E-state index in [9.17, 15) is 4.79 Å². The second kappa shape index (κ2) is 8.67. The van der Waals surface area contributed by atoms with E-state index < -0.39 is 0 Å². The van der Waals surface area contributed by atoms with Crippen LogP contribution in [0.3, 0.4) is 0 Å². The first-order valence-electron chi connectivity index (χ1n) is 6.89. The lowest BCUT2D eigenvalue weighted by atomic mass is 10.0. The zero-order valence-electron chi connectivity index (χ0n) is 11.8. The molecule has 1 atom stereocenters. The lowest BCUT2D eigenvalue weighted by Gasteiger charge is -2.16. The smallest absolute Gasteiger partial charge is 0.228 e. The Morgan fingerprint density at radius 1 is 1.37 bits per heavy atom. The third-order valence-corrected chi connectivity index (χ3v) is 3.03. The Hall–Kier alpha value is -1.39. The van der Waals surface area contributed by atoms with Crippen LogP contribution < -0.4 is 11.1 Å². The molecule has 0 radical (unpaired) electrons. The summed E-state index contributed by atoms with van der Waals surface area (Å²) in [4.78, 5) is 12.1. The van der Waals surface area contributed by atoms with E-state index in [0.717, 1.165) is 24.1 Å². The van der Waals surface area contributed by atoms with Gasteiger partial charge in [-0.25, -0.2) is 0 Å². The highest BCUT2D eigenvalue weighted by molar-refractivity contribution is 5.93. The third kappa shape index (κ3) is 5.01. The molecule has 106 valence electrons. The Labute approximate surface area is 115 Å². The largest absolute Gasteiger partial charge is 0.377 e. The quantitative estimate of drug-likeness (QED) is 0.758.